The summed E-state index contributed by atoms with van der Waals surface area (Å²) in [6, 6.07) is 0. The maximum Gasteiger partial charge on any atom is 0.330 e. The summed E-state index contributed by atoms with van der Waals surface area (Å²) in [5.41, 5.74) is 0.771. The molecule has 3 atom stereocenters. The average molecular weight is 367 g/mol. The number of ether oxygens (including phenoxy) is 2. The van der Waals surface area contributed by atoms with E-state index in [-0.39, 0.29) is 23.6 Å². The Morgan fingerprint density at radius 2 is 1.85 bits per heavy atom. The Bertz CT molecular complexity index is 492. The first-order valence-corrected chi connectivity index (χ1v) is 10.1. The van der Waals surface area contributed by atoms with Gasteiger partial charge in [-0.05, 0) is 51.9 Å². The summed E-state index contributed by atoms with van der Waals surface area (Å²) in [6.07, 6.45) is 10.3. The lowest BCUT2D eigenvalue weighted by atomic mass is 9.90. The third-order valence-electron chi connectivity index (χ3n) is 5.15. The second-order valence-corrected chi connectivity index (χ2v) is 8.88. The van der Waals surface area contributed by atoms with Crippen LogP contribution in [0.5, 0.6) is 0 Å². The van der Waals surface area contributed by atoms with Crippen molar-refractivity contribution in [3.05, 3.63) is 11.6 Å². The van der Waals surface area contributed by atoms with E-state index < -0.39 is 0 Å². The molecule has 4 nitrogen and oxygen atoms in total. The lowest BCUT2D eigenvalue weighted by Crippen LogP contribution is -2.26. The fourth-order valence-electron chi connectivity index (χ4n) is 3.83. The highest BCUT2D eigenvalue weighted by atomic mass is 16.6. The van der Waals surface area contributed by atoms with Gasteiger partial charge in [0, 0.05) is 19.4 Å². The molecule has 26 heavy (non-hydrogen) atoms. The van der Waals surface area contributed by atoms with Gasteiger partial charge in [0.05, 0.1) is 0 Å². The van der Waals surface area contributed by atoms with Gasteiger partial charge in [0.15, 0.2) is 0 Å². The van der Waals surface area contributed by atoms with Crippen molar-refractivity contribution in [2.24, 2.45) is 11.8 Å². The molecule has 0 unspecified atom stereocenters. The Hall–Kier alpha value is -1.32. The molecule has 1 rings (SSSR count). The molecule has 0 spiro atoms. The number of rotatable bonds is 11. The van der Waals surface area contributed by atoms with Crippen LogP contribution in [0.4, 0.5) is 0 Å². The van der Waals surface area contributed by atoms with Gasteiger partial charge in [0.25, 0.3) is 0 Å². The van der Waals surface area contributed by atoms with E-state index in [0.29, 0.717) is 11.8 Å². The quantitative estimate of drug-likeness (QED) is 0.447. The zero-order valence-electron chi connectivity index (χ0n) is 17.6. The average Bonchev–Trinajstić information content (AvgIpc) is 2.44. The van der Waals surface area contributed by atoms with Crippen molar-refractivity contribution >= 4 is 11.9 Å². The van der Waals surface area contributed by atoms with E-state index in [1.165, 1.54) is 32.6 Å². The molecule has 0 N–H and O–H groups in total. The summed E-state index contributed by atoms with van der Waals surface area (Å²) in [4.78, 5) is 22.6. The molecule has 0 aromatic heterocycles. The molecule has 0 amide bonds. The Morgan fingerprint density at radius 1 is 1.23 bits per heavy atom. The van der Waals surface area contributed by atoms with E-state index in [2.05, 4.69) is 13.8 Å². The molecule has 0 radical (unpaired) electrons. The van der Waals surface area contributed by atoms with Crippen LogP contribution < -0.4 is 0 Å². The van der Waals surface area contributed by atoms with Crippen molar-refractivity contribution in [2.75, 3.05) is 0 Å². The highest BCUT2D eigenvalue weighted by molar-refractivity contribution is 5.83. The summed E-state index contributed by atoms with van der Waals surface area (Å²) in [5.74, 6) is 0.879. The summed E-state index contributed by atoms with van der Waals surface area (Å²) < 4.78 is 10.8. The fraction of sp³-hybridized carbons (Fsp3) is 0.818. The van der Waals surface area contributed by atoms with Crippen LogP contribution >= 0.6 is 0 Å². The van der Waals surface area contributed by atoms with Crippen LogP contribution in [0.15, 0.2) is 11.6 Å². The number of esters is 2. The molecule has 0 aliphatic carbocycles. The Balaban J connectivity index is 2.15. The maximum absolute atomic E-state index is 11.5. The SMILES string of the molecule is CC(=O)OC(C)(C)CCC[C@H](C)CCC[C@H](C)C[C@@H]1CC(C)=CC(=O)O1. The van der Waals surface area contributed by atoms with E-state index in [4.69, 9.17) is 9.47 Å². The molecule has 0 saturated heterocycles. The van der Waals surface area contributed by atoms with Crippen LogP contribution in [-0.2, 0) is 19.1 Å². The molecule has 1 heterocycles. The van der Waals surface area contributed by atoms with Crippen molar-refractivity contribution in [3.8, 4) is 0 Å². The zero-order chi connectivity index (χ0) is 19.7. The first kappa shape index (κ1) is 22.7. The van der Waals surface area contributed by atoms with Crippen LogP contribution in [0.3, 0.4) is 0 Å². The molecule has 1 aliphatic heterocycles. The third kappa shape index (κ3) is 9.98. The van der Waals surface area contributed by atoms with Crippen molar-refractivity contribution in [2.45, 2.75) is 105 Å². The smallest absolute Gasteiger partial charge is 0.330 e. The molecular weight excluding hydrogens is 328 g/mol. The van der Waals surface area contributed by atoms with Gasteiger partial charge >= 0.3 is 11.9 Å². The minimum absolute atomic E-state index is 0.0587. The number of hydrogen-bond donors (Lipinski definition) is 0. The number of carbonyl (C=O) groups excluding carboxylic acids is 2. The summed E-state index contributed by atoms with van der Waals surface area (Å²) >= 11 is 0. The number of carbonyl (C=O) groups is 2. The van der Waals surface area contributed by atoms with Gasteiger partial charge in [-0.1, -0.05) is 45.1 Å². The van der Waals surface area contributed by atoms with Crippen molar-refractivity contribution < 1.29 is 19.1 Å². The molecule has 0 fully saturated rings. The van der Waals surface area contributed by atoms with Crippen LogP contribution in [0, 0.1) is 11.8 Å². The molecular formula is C22H38O4. The van der Waals surface area contributed by atoms with E-state index in [0.717, 1.165) is 31.3 Å². The molecule has 0 aromatic carbocycles. The molecule has 4 heteroatoms. The van der Waals surface area contributed by atoms with Gasteiger partial charge in [-0.25, -0.2) is 4.79 Å². The van der Waals surface area contributed by atoms with Gasteiger partial charge in [-0.2, -0.15) is 0 Å². The van der Waals surface area contributed by atoms with E-state index >= 15 is 0 Å². The molecule has 0 aromatic rings. The van der Waals surface area contributed by atoms with E-state index in [1.54, 1.807) is 6.08 Å². The predicted octanol–water partition coefficient (Wildman–Crippen LogP) is 5.59. The van der Waals surface area contributed by atoms with Crippen molar-refractivity contribution in [3.63, 3.8) is 0 Å². The lowest BCUT2D eigenvalue weighted by molar-refractivity contribution is -0.154. The molecule has 150 valence electrons. The summed E-state index contributed by atoms with van der Waals surface area (Å²) in [6.45, 7) is 12.0. The van der Waals surface area contributed by atoms with Crippen LogP contribution in [0.2, 0.25) is 0 Å². The van der Waals surface area contributed by atoms with Crippen molar-refractivity contribution in [1.82, 2.24) is 0 Å². The number of hydrogen-bond acceptors (Lipinski definition) is 4. The topological polar surface area (TPSA) is 52.6 Å². The predicted molar refractivity (Wildman–Crippen MR) is 105 cm³/mol. The Labute approximate surface area is 159 Å². The second kappa shape index (κ2) is 10.7. The molecule has 0 saturated carbocycles. The highest BCUT2D eigenvalue weighted by Crippen LogP contribution is 2.26. The zero-order valence-corrected chi connectivity index (χ0v) is 17.6. The van der Waals surface area contributed by atoms with Crippen LogP contribution in [-0.4, -0.2) is 23.6 Å². The van der Waals surface area contributed by atoms with Crippen LogP contribution in [0.1, 0.15) is 92.9 Å². The van der Waals surface area contributed by atoms with Gasteiger partial charge in [0.2, 0.25) is 0 Å². The second-order valence-electron chi connectivity index (χ2n) is 8.88. The van der Waals surface area contributed by atoms with Crippen molar-refractivity contribution in [1.29, 1.82) is 0 Å². The van der Waals surface area contributed by atoms with E-state index in [9.17, 15) is 9.59 Å². The Kier molecular flexibility index (Phi) is 9.38. The largest absolute Gasteiger partial charge is 0.460 e. The number of cyclic esters (lactones) is 1. The fourth-order valence-corrected chi connectivity index (χ4v) is 3.83. The first-order chi connectivity index (χ1) is 12.1. The lowest BCUT2D eigenvalue weighted by Gasteiger charge is -2.25. The summed E-state index contributed by atoms with van der Waals surface area (Å²) in [7, 11) is 0. The first-order valence-electron chi connectivity index (χ1n) is 10.1. The highest BCUT2D eigenvalue weighted by Gasteiger charge is 2.22. The third-order valence-corrected chi connectivity index (χ3v) is 5.15. The Morgan fingerprint density at radius 3 is 2.46 bits per heavy atom. The normalized spacial score (nSPS) is 20.2. The van der Waals surface area contributed by atoms with Gasteiger partial charge in [-0.3, -0.25) is 4.79 Å². The van der Waals surface area contributed by atoms with Gasteiger partial charge in [-0.15, -0.1) is 0 Å². The monoisotopic (exact) mass is 366 g/mol. The summed E-state index contributed by atoms with van der Waals surface area (Å²) in [5, 5.41) is 0. The minimum Gasteiger partial charge on any atom is -0.460 e. The van der Waals surface area contributed by atoms with Gasteiger partial charge in [0.1, 0.15) is 11.7 Å². The molecule has 1 aliphatic rings. The van der Waals surface area contributed by atoms with E-state index in [1.807, 2.05) is 20.8 Å². The standard InChI is InChI=1S/C22H38O4/c1-16(11-8-12-22(5,6)26-19(4)23)9-7-10-17(2)13-20-14-18(3)15-21(24)25-20/h15-17,20H,7-14H2,1-6H3/t16-,17+,20-/m1/s1. The van der Waals surface area contributed by atoms with Crippen LogP contribution in [0.25, 0.3) is 0 Å². The maximum atomic E-state index is 11.5. The molecule has 0 bridgehead atoms. The van der Waals surface area contributed by atoms with Gasteiger partial charge < -0.3 is 9.47 Å². The minimum atomic E-state index is -0.357.